The molecule has 1 aromatic rings. The first-order chi connectivity index (χ1) is 10.5. The lowest BCUT2D eigenvalue weighted by atomic mass is 9.91. The summed E-state index contributed by atoms with van der Waals surface area (Å²) < 4.78 is 40.1. The van der Waals surface area contributed by atoms with E-state index in [1.54, 1.807) is 10.6 Å². The molecule has 0 saturated heterocycles. The van der Waals surface area contributed by atoms with Gasteiger partial charge in [-0.2, -0.15) is 13.2 Å². The number of fused-ring (bicyclic) bond motifs is 1. The number of nitrogens with zero attached hydrogens (tertiary/aromatic N) is 2. The number of halogens is 3. The quantitative estimate of drug-likeness (QED) is 0.901. The highest BCUT2D eigenvalue weighted by Crippen LogP contribution is 2.32. The standard InChI is InChI=1S/C15H21F3N4/c1-19-10-5-7-11(8-6-10)20-13-3-2-4-14-21-12(9-22(13)14)15(16,17)18/h2,4,9-11,13,19-20H,3,5-8H2,1H3. The number of hydrogen-bond donors (Lipinski definition) is 2. The molecular weight excluding hydrogens is 293 g/mol. The van der Waals surface area contributed by atoms with Crippen molar-refractivity contribution < 1.29 is 13.2 Å². The molecule has 3 rings (SSSR count). The zero-order valence-corrected chi connectivity index (χ0v) is 12.5. The van der Waals surface area contributed by atoms with Gasteiger partial charge in [-0.15, -0.1) is 0 Å². The monoisotopic (exact) mass is 314 g/mol. The van der Waals surface area contributed by atoms with E-state index in [9.17, 15) is 13.2 Å². The lowest BCUT2D eigenvalue weighted by molar-refractivity contribution is -0.141. The average molecular weight is 314 g/mol. The molecular formula is C15H21F3N4. The fourth-order valence-electron chi connectivity index (χ4n) is 3.30. The van der Waals surface area contributed by atoms with Gasteiger partial charge in [-0.3, -0.25) is 5.32 Å². The van der Waals surface area contributed by atoms with Gasteiger partial charge in [0.25, 0.3) is 0 Å². The molecule has 4 nitrogen and oxygen atoms in total. The van der Waals surface area contributed by atoms with Crippen LogP contribution in [0.25, 0.3) is 6.08 Å². The molecule has 1 aliphatic heterocycles. The van der Waals surface area contributed by atoms with Gasteiger partial charge in [0, 0.05) is 18.3 Å². The van der Waals surface area contributed by atoms with Crippen LogP contribution in [-0.2, 0) is 6.18 Å². The molecule has 22 heavy (non-hydrogen) atoms. The molecule has 0 bridgehead atoms. The Kier molecular flexibility index (Phi) is 4.27. The molecule has 1 unspecified atom stereocenters. The first kappa shape index (κ1) is 15.6. The number of aromatic nitrogens is 2. The molecule has 2 N–H and O–H groups in total. The van der Waals surface area contributed by atoms with Crippen molar-refractivity contribution in [3.63, 3.8) is 0 Å². The van der Waals surface area contributed by atoms with Crippen molar-refractivity contribution in [2.45, 2.75) is 56.5 Å². The minimum absolute atomic E-state index is 0.139. The molecule has 2 aliphatic rings. The summed E-state index contributed by atoms with van der Waals surface area (Å²) in [5, 5.41) is 6.78. The van der Waals surface area contributed by atoms with Crippen LogP contribution in [0, 0.1) is 0 Å². The van der Waals surface area contributed by atoms with Crippen LogP contribution in [-0.4, -0.2) is 28.7 Å². The van der Waals surface area contributed by atoms with Crippen molar-refractivity contribution in [2.75, 3.05) is 7.05 Å². The van der Waals surface area contributed by atoms with Gasteiger partial charge in [0.05, 0.1) is 6.17 Å². The predicted octanol–water partition coefficient (Wildman–Crippen LogP) is 2.94. The number of alkyl halides is 3. The van der Waals surface area contributed by atoms with E-state index in [1.165, 1.54) is 0 Å². The molecule has 0 radical (unpaired) electrons. The summed E-state index contributed by atoms with van der Waals surface area (Å²) in [6.45, 7) is 0. The minimum atomic E-state index is -4.40. The molecule has 0 spiro atoms. The smallest absolute Gasteiger partial charge is 0.317 e. The predicted molar refractivity (Wildman–Crippen MR) is 78.2 cm³/mol. The van der Waals surface area contributed by atoms with Gasteiger partial charge in [-0.05, 0) is 45.2 Å². The Morgan fingerprint density at radius 1 is 1.18 bits per heavy atom. The third kappa shape index (κ3) is 3.20. The molecule has 1 aromatic heterocycles. The van der Waals surface area contributed by atoms with Gasteiger partial charge in [0.2, 0.25) is 0 Å². The normalized spacial score (nSPS) is 28.6. The fraction of sp³-hybridized carbons (Fsp3) is 0.667. The third-order valence-corrected chi connectivity index (χ3v) is 4.58. The van der Waals surface area contributed by atoms with Crippen LogP contribution >= 0.6 is 0 Å². The number of hydrogen-bond acceptors (Lipinski definition) is 3. The van der Waals surface area contributed by atoms with E-state index < -0.39 is 11.9 Å². The van der Waals surface area contributed by atoms with Crippen molar-refractivity contribution in [3.8, 4) is 0 Å². The molecule has 2 heterocycles. The highest BCUT2D eigenvalue weighted by molar-refractivity contribution is 5.44. The first-order valence-corrected chi connectivity index (χ1v) is 7.73. The van der Waals surface area contributed by atoms with Crippen LogP contribution in [0.15, 0.2) is 12.3 Å². The summed E-state index contributed by atoms with van der Waals surface area (Å²) in [4.78, 5) is 3.69. The molecule has 1 atom stereocenters. The topological polar surface area (TPSA) is 41.9 Å². The van der Waals surface area contributed by atoms with E-state index in [1.807, 2.05) is 13.1 Å². The molecule has 1 saturated carbocycles. The average Bonchev–Trinajstić information content (AvgIpc) is 2.93. The summed E-state index contributed by atoms with van der Waals surface area (Å²) in [6.07, 6.45) is 5.10. The van der Waals surface area contributed by atoms with Crippen molar-refractivity contribution >= 4 is 6.08 Å². The molecule has 1 fully saturated rings. The Balaban J connectivity index is 1.70. The van der Waals surface area contributed by atoms with Gasteiger partial charge < -0.3 is 9.88 Å². The molecule has 1 aliphatic carbocycles. The van der Waals surface area contributed by atoms with E-state index in [4.69, 9.17) is 0 Å². The summed E-state index contributed by atoms with van der Waals surface area (Å²) in [5.74, 6) is 0.375. The Morgan fingerprint density at radius 3 is 2.50 bits per heavy atom. The van der Waals surface area contributed by atoms with Gasteiger partial charge in [-0.25, -0.2) is 4.98 Å². The zero-order chi connectivity index (χ0) is 15.7. The summed E-state index contributed by atoms with van der Waals surface area (Å²) in [6, 6.07) is 0.913. The third-order valence-electron chi connectivity index (χ3n) is 4.58. The molecule has 0 aromatic carbocycles. The Bertz CT molecular complexity index is 541. The Hall–Kier alpha value is -1.34. The van der Waals surface area contributed by atoms with E-state index in [2.05, 4.69) is 15.6 Å². The summed E-state index contributed by atoms with van der Waals surface area (Å²) >= 11 is 0. The van der Waals surface area contributed by atoms with Crippen LogP contribution in [0.2, 0.25) is 0 Å². The first-order valence-electron chi connectivity index (χ1n) is 7.73. The minimum Gasteiger partial charge on any atom is -0.317 e. The SMILES string of the molecule is CNC1CCC(NC2CC=Cc3nc(C(F)(F)F)cn32)CC1. The second-order valence-corrected chi connectivity index (χ2v) is 6.05. The highest BCUT2D eigenvalue weighted by Gasteiger charge is 2.36. The number of rotatable bonds is 3. The van der Waals surface area contributed by atoms with E-state index in [0.717, 1.165) is 31.9 Å². The maximum absolute atomic E-state index is 12.8. The maximum atomic E-state index is 12.8. The van der Waals surface area contributed by atoms with Gasteiger partial charge in [0.1, 0.15) is 5.82 Å². The van der Waals surface area contributed by atoms with Crippen molar-refractivity contribution in [1.82, 2.24) is 20.2 Å². The van der Waals surface area contributed by atoms with Crippen LogP contribution < -0.4 is 10.6 Å². The van der Waals surface area contributed by atoms with E-state index in [0.29, 0.717) is 24.3 Å². The van der Waals surface area contributed by atoms with Gasteiger partial charge in [0.15, 0.2) is 5.69 Å². The molecule has 122 valence electrons. The largest absolute Gasteiger partial charge is 0.434 e. The van der Waals surface area contributed by atoms with Crippen LogP contribution in [0.5, 0.6) is 0 Å². The van der Waals surface area contributed by atoms with Crippen LogP contribution in [0.3, 0.4) is 0 Å². The second-order valence-electron chi connectivity index (χ2n) is 6.05. The fourth-order valence-corrected chi connectivity index (χ4v) is 3.30. The van der Waals surface area contributed by atoms with Crippen molar-refractivity contribution in [1.29, 1.82) is 0 Å². The Morgan fingerprint density at radius 2 is 1.86 bits per heavy atom. The van der Waals surface area contributed by atoms with Crippen molar-refractivity contribution in [2.24, 2.45) is 0 Å². The number of imidazole rings is 1. The van der Waals surface area contributed by atoms with Gasteiger partial charge in [-0.1, -0.05) is 6.08 Å². The zero-order valence-electron chi connectivity index (χ0n) is 12.5. The lowest BCUT2D eigenvalue weighted by Gasteiger charge is -2.33. The Labute approximate surface area is 127 Å². The lowest BCUT2D eigenvalue weighted by Crippen LogP contribution is -2.42. The van der Waals surface area contributed by atoms with Crippen LogP contribution in [0.4, 0.5) is 13.2 Å². The summed E-state index contributed by atoms with van der Waals surface area (Å²) in [7, 11) is 1.97. The van der Waals surface area contributed by atoms with Crippen molar-refractivity contribution in [3.05, 3.63) is 23.8 Å². The van der Waals surface area contributed by atoms with Crippen LogP contribution in [0.1, 0.15) is 49.8 Å². The second kappa shape index (κ2) is 6.04. The van der Waals surface area contributed by atoms with E-state index in [-0.39, 0.29) is 6.17 Å². The van der Waals surface area contributed by atoms with Gasteiger partial charge >= 0.3 is 6.18 Å². The van der Waals surface area contributed by atoms with E-state index >= 15 is 0 Å². The number of nitrogens with one attached hydrogen (secondary N) is 2. The molecule has 7 heteroatoms. The summed E-state index contributed by atoms with van der Waals surface area (Å²) in [5.41, 5.74) is -0.820. The maximum Gasteiger partial charge on any atom is 0.434 e. The highest BCUT2D eigenvalue weighted by atomic mass is 19.4. The molecule has 0 amide bonds.